The molecule has 3 aliphatic carbocycles. The second-order valence-corrected chi connectivity index (χ2v) is 12.1. The van der Waals surface area contributed by atoms with Crippen molar-refractivity contribution in [1.82, 2.24) is 14.9 Å². The molecule has 1 heterocycles. The molecule has 0 aromatic rings. The monoisotopic (exact) mass is 459 g/mol. The highest BCUT2D eigenvalue weighted by atomic mass is 32.2. The minimum atomic E-state index is -0.310. The van der Waals surface area contributed by atoms with E-state index >= 15 is 0 Å². The van der Waals surface area contributed by atoms with Crippen LogP contribution in [0.15, 0.2) is 25.3 Å². The van der Waals surface area contributed by atoms with Gasteiger partial charge < -0.3 is 10.2 Å². The van der Waals surface area contributed by atoms with E-state index in [4.69, 9.17) is 0 Å². The van der Waals surface area contributed by atoms with Crippen LogP contribution in [0.1, 0.15) is 90.4 Å². The van der Waals surface area contributed by atoms with Gasteiger partial charge in [-0.3, -0.25) is 14.3 Å². The molecule has 3 saturated carbocycles. The van der Waals surface area contributed by atoms with Crippen molar-refractivity contribution in [3.63, 3.8) is 0 Å². The molecule has 4 fully saturated rings. The molecule has 178 valence electrons. The Balaban J connectivity index is 1.31. The van der Waals surface area contributed by atoms with Gasteiger partial charge in [0.25, 0.3) is 0 Å². The van der Waals surface area contributed by atoms with Crippen LogP contribution in [0.2, 0.25) is 0 Å². The van der Waals surface area contributed by atoms with Gasteiger partial charge in [0.1, 0.15) is 6.04 Å². The number of carbonyl (C=O) groups is 2. The average Bonchev–Trinajstić information content (AvgIpc) is 3.73. The van der Waals surface area contributed by atoms with Crippen molar-refractivity contribution >= 4 is 23.8 Å². The third-order valence-corrected chi connectivity index (χ3v) is 9.51. The van der Waals surface area contributed by atoms with Gasteiger partial charge in [-0.05, 0) is 71.1 Å². The molecule has 1 aliphatic heterocycles. The van der Waals surface area contributed by atoms with Gasteiger partial charge in [-0.1, -0.05) is 36.9 Å². The Morgan fingerprint density at radius 1 is 1.12 bits per heavy atom. The Hall–Kier alpha value is -1.27. The van der Waals surface area contributed by atoms with Crippen molar-refractivity contribution in [1.29, 1.82) is 0 Å². The molecule has 0 radical (unpaired) electrons. The highest BCUT2D eigenvalue weighted by Gasteiger charge is 2.72. The summed E-state index contributed by atoms with van der Waals surface area (Å²) in [6.07, 6.45) is 17.2. The number of rotatable bonds is 14. The van der Waals surface area contributed by atoms with E-state index < -0.39 is 0 Å². The standard InChI is InChI=1S/C26H41N3O2S/c1-4-6-7-8-9-10-13-22(30)29-18-11-12-21(29)23(31)27-26(19-20(26)5-2)25(16-17-25)28-32-24(3)14-15-24/h4-5,20-21,28H,1-2,6-19H2,3H3,(H,27,31). The summed E-state index contributed by atoms with van der Waals surface area (Å²) in [4.78, 5) is 28.2. The highest BCUT2D eigenvalue weighted by molar-refractivity contribution is 7.99. The largest absolute Gasteiger partial charge is 0.346 e. The Morgan fingerprint density at radius 2 is 1.88 bits per heavy atom. The van der Waals surface area contributed by atoms with E-state index in [9.17, 15) is 9.59 Å². The molecule has 0 aromatic carbocycles. The van der Waals surface area contributed by atoms with Gasteiger partial charge in [0.2, 0.25) is 11.8 Å². The summed E-state index contributed by atoms with van der Waals surface area (Å²) < 4.78 is 4.15. The molecule has 6 heteroatoms. The molecule has 4 rings (SSSR count). The van der Waals surface area contributed by atoms with Crippen LogP contribution < -0.4 is 10.0 Å². The van der Waals surface area contributed by atoms with Gasteiger partial charge in [0.15, 0.2) is 0 Å². The molecule has 1 saturated heterocycles. The van der Waals surface area contributed by atoms with Crippen LogP contribution in [0.3, 0.4) is 0 Å². The predicted octanol–water partition coefficient (Wildman–Crippen LogP) is 4.89. The van der Waals surface area contributed by atoms with Crippen LogP contribution in [0.5, 0.6) is 0 Å². The van der Waals surface area contributed by atoms with Crippen molar-refractivity contribution in [2.75, 3.05) is 6.54 Å². The van der Waals surface area contributed by atoms with Gasteiger partial charge in [0.05, 0.1) is 11.1 Å². The number of carbonyl (C=O) groups excluding carboxylic acids is 2. The average molecular weight is 460 g/mol. The Labute approximate surface area is 198 Å². The SMILES string of the molecule is C=CCCCCCCC(=O)N1CCCC1C(=O)NC1(C2(NSC3(C)CC3)CC2)CC1C=C. The van der Waals surface area contributed by atoms with Gasteiger partial charge >= 0.3 is 0 Å². The third-order valence-electron chi connectivity index (χ3n) is 8.12. The lowest BCUT2D eigenvalue weighted by Gasteiger charge is -2.33. The topological polar surface area (TPSA) is 61.4 Å². The van der Waals surface area contributed by atoms with Gasteiger partial charge in [0, 0.05) is 23.6 Å². The van der Waals surface area contributed by atoms with Crippen LogP contribution in [0, 0.1) is 5.92 Å². The zero-order valence-electron chi connectivity index (χ0n) is 19.8. The van der Waals surface area contributed by atoms with Crippen LogP contribution in [0.4, 0.5) is 0 Å². The zero-order chi connectivity index (χ0) is 22.8. The quantitative estimate of drug-likeness (QED) is 0.221. The molecule has 0 spiro atoms. The van der Waals surface area contributed by atoms with Gasteiger partial charge in [-0.25, -0.2) is 0 Å². The second-order valence-electron chi connectivity index (χ2n) is 10.7. The van der Waals surface area contributed by atoms with Crippen molar-refractivity contribution in [2.45, 2.75) is 112 Å². The fourth-order valence-corrected chi connectivity index (χ4v) is 6.49. The smallest absolute Gasteiger partial charge is 0.243 e. The van der Waals surface area contributed by atoms with Crippen LogP contribution >= 0.6 is 11.9 Å². The number of hydrogen-bond donors (Lipinski definition) is 2. The molecule has 0 bridgehead atoms. The maximum absolute atomic E-state index is 13.4. The summed E-state index contributed by atoms with van der Waals surface area (Å²) in [6, 6.07) is -0.310. The summed E-state index contributed by atoms with van der Waals surface area (Å²) in [5.74, 6) is 0.505. The Morgan fingerprint density at radius 3 is 2.50 bits per heavy atom. The number of likely N-dealkylation sites (tertiary alicyclic amines) is 1. The zero-order valence-corrected chi connectivity index (χ0v) is 20.6. The van der Waals surface area contributed by atoms with Gasteiger partial charge in [-0.2, -0.15) is 0 Å². The molecule has 2 N–H and O–H groups in total. The maximum Gasteiger partial charge on any atom is 0.243 e. The fraction of sp³-hybridized carbons (Fsp3) is 0.769. The normalized spacial score (nSPS) is 31.1. The first kappa shape index (κ1) is 23.9. The maximum atomic E-state index is 13.4. The highest BCUT2D eigenvalue weighted by Crippen LogP contribution is 2.63. The van der Waals surface area contributed by atoms with Crippen LogP contribution in [-0.4, -0.2) is 45.1 Å². The van der Waals surface area contributed by atoms with E-state index in [1.54, 1.807) is 0 Å². The van der Waals surface area contributed by atoms with Crippen LogP contribution in [-0.2, 0) is 9.59 Å². The lowest BCUT2D eigenvalue weighted by atomic mass is 10.00. The van der Waals surface area contributed by atoms with Crippen LogP contribution in [0.25, 0.3) is 0 Å². The molecule has 4 aliphatic rings. The number of allylic oxidation sites excluding steroid dienone is 1. The summed E-state index contributed by atoms with van der Waals surface area (Å²) >= 11 is 1.87. The first-order valence-electron chi connectivity index (χ1n) is 12.7. The number of unbranched alkanes of at least 4 members (excludes halogenated alkanes) is 4. The number of nitrogens with zero attached hydrogens (tertiary/aromatic N) is 1. The first-order valence-corrected chi connectivity index (χ1v) is 13.5. The third kappa shape index (κ3) is 4.96. The fourth-order valence-electron chi connectivity index (χ4n) is 5.35. The summed E-state index contributed by atoms with van der Waals surface area (Å²) in [5.41, 5.74) is -0.247. The van der Waals surface area contributed by atoms with Crippen molar-refractivity contribution < 1.29 is 9.59 Å². The van der Waals surface area contributed by atoms with Crippen molar-refractivity contribution in [3.05, 3.63) is 25.3 Å². The van der Waals surface area contributed by atoms with E-state index in [1.165, 1.54) is 12.8 Å². The first-order chi connectivity index (χ1) is 15.4. The number of hydrogen-bond acceptors (Lipinski definition) is 4. The lowest BCUT2D eigenvalue weighted by molar-refractivity contribution is -0.139. The predicted molar refractivity (Wildman–Crippen MR) is 132 cm³/mol. The Bertz CT molecular complexity index is 745. The minimum Gasteiger partial charge on any atom is -0.346 e. The molecule has 0 aromatic heterocycles. The molecule has 3 unspecified atom stereocenters. The van der Waals surface area contributed by atoms with E-state index in [1.807, 2.05) is 29.0 Å². The molecule has 2 amide bonds. The van der Waals surface area contributed by atoms with Crippen molar-refractivity contribution in [3.8, 4) is 0 Å². The van der Waals surface area contributed by atoms with E-state index in [-0.39, 0.29) is 28.9 Å². The van der Waals surface area contributed by atoms with E-state index in [0.29, 0.717) is 23.6 Å². The molecule has 5 nitrogen and oxygen atoms in total. The molecule has 32 heavy (non-hydrogen) atoms. The molecule has 3 atom stereocenters. The lowest BCUT2D eigenvalue weighted by Crippen LogP contribution is -2.58. The number of nitrogens with one attached hydrogen (secondary N) is 2. The minimum absolute atomic E-state index is 0.0172. The van der Waals surface area contributed by atoms with Crippen molar-refractivity contribution in [2.24, 2.45) is 5.92 Å². The summed E-state index contributed by atoms with van der Waals surface area (Å²) in [6.45, 7) is 10.8. The van der Waals surface area contributed by atoms with E-state index in [2.05, 4.69) is 30.1 Å². The van der Waals surface area contributed by atoms with E-state index in [0.717, 1.165) is 64.2 Å². The summed E-state index contributed by atoms with van der Waals surface area (Å²) in [5, 5.41) is 3.46. The second kappa shape index (κ2) is 9.54. The molecular formula is C26H41N3O2S. The number of amides is 2. The Kier molecular flexibility index (Phi) is 7.11. The molecular weight excluding hydrogens is 418 g/mol. The summed E-state index contributed by atoms with van der Waals surface area (Å²) in [7, 11) is 0. The van der Waals surface area contributed by atoms with Gasteiger partial charge in [-0.15, -0.1) is 13.2 Å².